The number of sulfonamides is 1. The van der Waals surface area contributed by atoms with E-state index in [1.165, 1.54) is 24.3 Å². The van der Waals surface area contributed by atoms with Crippen molar-refractivity contribution in [1.29, 1.82) is 0 Å². The predicted octanol–water partition coefficient (Wildman–Crippen LogP) is 2.92. The van der Waals surface area contributed by atoms with Gasteiger partial charge in [-0.1, -0.05) is 17.7 Å². The van der Waals surface area contributed by atoms with Gasteiger partial charge < -0.3 is 9.64 Å². The van der Waals surface area contributed by atoms with Crippen LogP contribution in [0.2, 0.25) is 5.02 Å². The lowest BCUT2D eigenvalue weighted by Crippen LogP contribution is -2.40. The van der Waals surface area contributed by atoms with Crippen molar-refractivity contribution in [2.75, 3.05) is 31.0 Å². The normalized spacial score (nSPS) is 14.9. The van der Waals surface area contributed by atoms with Crippen molar-refractivity contribution < 1.29 is 17.9 Å². The number of ether oxygens (including phenoxy) is 1. The number of anilines is 1. The lowest BCUT2D eigenvalue weighted by atomic mass is 10.2. The molecule has 1 N–H and O–H groups in total. The molecule has 26 heavy (non-hydrogen) atoms. The minimum Gasteiger partial charge on any atom is -0.378 e. The Morgan fingerprint density at radius 2 is 1.77 bits per heavy atom. The molecule has 6 nitrogen and oxygen atoms in total. The standard InChI is InChI=1S/C18H19ClN2O4S/c1-13-2-5-15(19)12-17(13)20-26(23,24)16-6-3-14(4-7-16)18(22)21-8-10-25-11-9-21/h2-7,12,20H,8-11H2,1H3. The molecule has 0 bridgehead atoms. The second kappa shape index (κ2) is 7.65. The summed E-state index contributed by atoms with van der Waals surface area (Å²) >= 11 is 5.94. The van der Waals surface area contributed by atoms with E-state index in [1.807, 2.05) is 0 Å². The van der Waals surface area contributed by atoms with Crippen molar-refractivity contribution >= 4 is 33.2 Å². The van der Waals surface area contributed by atoms with E-state index in [0.717, 1.165) is 5.56 Å². The Bertz CT molecular complexity index is 907. The summed E-state index contributed by atoms with van der Waals surface area (Å²) in [5, 5.41) is 0.444. The van der Waals surface area contributed by atoms with Crippen LogP contribution in [0, 0.1) is 6.92 Å². The summed E-state index contributed by atoms with van der Waals surface area (Å²) in [7, 11) is -3.77. The fourth-order valence-electron chi connectivity index (χ4n) is 2.63. The number of hydrogen-bond donors (Lipinski definition) is 1. The molecule has 1 heterocycles. The summed E-state index contributed by atoms with van der Waals surface area (Å²) in [4.78, 5) is 14.2. The van der Waals surface area contributed by atoms with Crippen LogP contribution < -0.4 is 4.72 Å². The number of aryl methyl sites for hydroxylation is 1. The number of halogens is 1. The first-order chi connectivity index (χ1) is 12.4. The highest BCUT2D eigenvalue weighted by Gasteiger charge is 2.20. The van der Waals surface area contributed by atoms with Gasteiger partial charge in [0, 0.05) is 23.7 Å². The molecule has 2 aromatic rings. The smallest absolute Gasteiger partial charge is 0.261 e. The number of hydrogen-bond acceptors (Lipinski definition) is 4. The summed E-state index contributed by atoms with van der Waals surface area (Å²) in [6, 6.07) is 10.9. The largest absolute Gasteiger partial charge is 0.378 e. The van der Waals surface area contributed by atoms with Gasteiger partial charge in [-0.2, -0.15) is 0 Å². The van der Waals surface area contributed by atoms with Crippen LogP contribution in [0.4, 0.5) is 5.69 Å². The van der Waals surface area contributed by atoms with Crippen molar-refractivity contribution in [3.63, 3.8) is 0 Å². The number of rotatable bonds is 4. The molecule has 1 saturated heterocycles. The Kier molecular flexibility index (Phi) is 5.50. The summed E-state index contributed by atoms with van der Waals surface area (Å²) in [5.41, 5.74) is 1.63. The second-order valence-corrected chi connectivity index (χ2v) is 8.11. The fourth-order valence-corrected chi connectivity index (χ4v) is 3.93. The molecular weight excluding hydrogens is 376 g/mol. The molecule has 1 amide bonds. The van der Waals surface area contributed by atoms with Crippen LogP contribution in [0.25, 0.3) is 0 Å². The second-order valence-electron chi connectivity index (χ2n) is 5.99. The Labute approximate surface area is 157 Å². The van der Waals surface area contributed by atoms with Crippen LogP contribution in [0.3, 0.4) is 0 Å². The van der Waals surface area contributed by atoms with Gasteiger partial charge >= 0.3 is 0 Å². The number of carbonyl (C=O) groups excluding carboxylic acids is 1. The van der Waals surface area contributed by atoms with Crippen LogP contribution >= 0.6 is 11.6 Å². The number of nitrogens with zero attached hydrogens (tertiary/aromatic N) is 1. The fraction of sp³-hybridized carbons (Fsp3) is 0.278. The van der Waals surface area contributed by atoms with E-state index < -0.39 is 10.0 Å². The highest BCUT2D eigenvalue weighted by molar-refractivity contribution is 7.92. The Morgan fingerprint density at radius 1 is 1.12 bits per heavy atom. The van der Waals surface area contributed by atoms with E-state index in [2.05, 4.69) is 4.72 Å². The molecule has 3 rings (SSSR count). The quantitative estimate of drug-likeness (QED) is 0.865. The summed E-state index contributed by atoms with van der Waals surface area (Å²) < 4.78 is 32.9. The molecule has 0 aliphatic carbocycles. The summed E-state index contributed by atoms with van der Waals surface area (Å²) in [6.07, 6.45) is 0. The van der Waals surface area contributed by atoms with Crippen LogP contribution in [-0.2, 0) is 14.8 Å². The van der Waals surface area contributed by atoms with Gasteiger partial charge in [-0.3, -0.25) is 9.52 Å². The molecule has 138 valence electrons. The van der Waals surface area contributed by atoms with E-state index in [4.69, 9.17) is 16.3 Å². The zero-order valence-corrected chi connectivity index (χ0v) is 15.8. The topological polar surface area (TPSA) is 75.7 Å². The Balaban J connectivity index is 1.78. The molecule has 0 unspecified atom stereocenters. The average molecular weight is 395 g/mol. The van der Waals surface area contributed by atoms with Gasteiger partial charge in [-0.25, -0.2) is 8.42 Å². The third kappa shape index (κ3) is 4.17. The van der Waals surface area contributed by atoms with E-state index >= 15 is 0 Å². The molecule has 0 radical (unpaired) electrons. The first-order valence-electron chi connectivity index (χ1n) is 8.13. The number of morpholine rings is 1. The maximum atomic E-state index is 12.6. The molecular formula is C18H19ClN2O4S. The van der Waals surface area contributed by atoms with E-state index in [0.29, 0.717) is 42.6 Å². The lowest BCUT2D eigenvalue weighted by molar-refractivity contribution is 0.0303. The van der Waals surface area contributed by atoms with E-state index in [9.17, 15) is 13.2 Å². The molecule has 8 heteroatoms. The highest BCUT2D eigenvalue weighted by atomic mass is 35.5. The third-order valence-electron chi connectivity index (χ3n) is 4.15. The number of benzene rings is 2. The number of amides is 1. The van der Waals surface area contributed by atoms with Gasteiger partial charge in [0.05, 0.1) is 23.8 Å². The van der Waals surface area contributed by atoms with Crippen LogP contribution in [0.5, 0.6) is 0 Å². The van der Waals surface area contributed by atoms with Crippen LogP contribution in [0.1, 0.15) is 15.9 Å². The molecule has 1 fully saturated rings. The average Bonchev–Trinajstić information content (AvgIpc) is 2.65. The third-order valence-corrected chi connectivity index (χ3v) is 5.77. The number of nitrogens with one attached hydrogen (secondary N) is 1. The Morgan fingerprint density at radius 3 is 2.42 bits per heavy atom. The first kappa shape index (κ1) is 18.7. The van der Waals surface area contributed by atoms with Crippen LogP contribution in [-0.4, -0.2) is 45.5 Å². The minimum absolute atomic E-state index is 0.0791. The molecule has 0 saturated carbocycles. The lowest BCUT2D eigenvalue weighted by Gasteiger charge is -2.26. The molecule has 0 atom stereocenters. The van der Waals surface area contributed by atoms with Crippen molar-refractivity contribution in [1.82, 2.24) is 4.90 Å². The zero-order chi connectivity index (χ0) is 18.7. The van der Waals surface area contributed by atoms with E-state index in [-0.39, 0.29) is 10.8 Å². The van der Waals surface area contributed by atoms with Gasteiger partial charge in [-0.05, 0) is 48.9 Å². The monoisotopic (exact) mass is 394 g/mol. The van der Waals surface area contributed by atoms with Gasteiger partial charge in [-0.15, -0.1) is 0 Å². The molecule has 1 aliphatic heterocycles. The van der Waals surface area contributed by atoms with Crippen LogP contribution in [0.15, 0.2) is 47.4 Å². The molecule has 1 aliphatic rings. The number of carbonyl (C=O) groups is 1. The Hall–Kier alpha value is -2.09. The minimum atomic E-state index is -3.77. The van der Waals surface area contributed by atoms with Gasteiger partial charge in [0.25, 0.3) is 15.9 Å². The van der Waals surface area contributed by atoms with Gasteiger partial charge in [0.2, 0.25) is 0 Å². The molecule has 0 spiro atoms. The highest BCUT2D eigenvalue weighted by Crippen LogP contribution is 2.23. The van der Waals surface area contributed by atoms with Crippen molar-refractivity contribution in [2.24, 2.45) is 0 Å². The van der Waals surface area contributed by atoms with Gasteiger partial charge in [0.1, 0.15) is 0 Å². The summed E-state index contributed by atoms with van der Waals surface area (Å²) in [6.45, 7) is 3.89. The van der Waals surface area contributed by atoms with Gasteiger partial charge in [0.15, 0.2) is 0 Å². The van der Waals surface area contributed by atoms with Crippen molar-refractivity contribution in [3.05, 3.63) is 58.6 Å². The van der Waals surface area contributed by atoms with Crippen molar-refractivity contribution in [3.8, 4) is 0 Å². The van der Waals surface area contributed by atoms with E-state index in [1.54, 1.807) is 30.0 Å². The summed E-state index contributed by atoms with van der Waals surface area (Å²) in [5.74, 6) is -0.129. The SMILES string of the molecule is Cc1ccc(Cl)cc1NS(=O)(=O)c1ccc(C(=O)N2CCOCC2)cc1. The maximum Gasteiger partial charge on any atom is 0.261 e. The predicted molar refractivity (Wildman–Crippen MR) is 100 cm³/mol. The van der Waals surface area contributed by atoms with Crippen molar-refractivity contribution in [2.45, 2.75) is 11.8 Å². The molecule has 0 aromatic heterocycles. The molecule has 2 aromatic carbocycles. The first-order valence-corrected chi connectivity index (χ1v) is 9.99. The maximum absolute atomic E-state index is 12.6. The zero-order valence-electron chi connectivity index (χ0n) is 14.2.